The average molecular weight is 303 g/mol. The molecule has 0 aliphatic rings. The number of aliphatic imine (C=N–C) groups is 1. The molecule has 2 N–H and O–H groups in total. The maximum absolute atomic E-state index is 5.80. The van der Waals surface area contributed by atoms with Crippen LogP contribution in [0.25, 0.3) is 11.0 Å². The van der Waals surface area contributed by atoms with Gasteiger partial charge in [0.05, 0.1) is 13.2 Å². The summed E-state index contributed by atoms with van der Waals surface area (Å²) in [6.07, 6.45) is 0.824. The van der Waals surface area contributed by atoms with Gasteiger partial charge in [0.15, 0.2) is 5.96 Å². The number of ether oxygens (including phenoxy) is 1. The number of nitrogens with zero attached hydrogens (tertiary/aromatic N) is 1. The van der Waals surface area contributed by atoms with Crippen molar-refractivity contribution >= 4 is 16.9 Å². The summed E-state index contributed by atoms with van der Waals surface area (Å²) in [5.74, 6) is 1.80. The minimum absolute atomic E-state index is 0.649. The third-order valence-electron chi connectivity index (χ3n) is 3.19. The molecule has 0 bridgehead atoms. The molecule has 2 aromatic rings. The molecule has 1 aromatic carbocycles. The fraction of sp³-hybridized carbons (Fsp3) is 0.471. The molecule has 0 aliphatic heterocycles. The SMILES string of the molecule is CCNC(=NCCOCC)NCCc1cc2ccccc2o1. The summed E-state index contributed by atoms with van der Waals surface area (Å²) in [6, 6.07) is 10.2. The summed E-state index contributed by atoms with van der Waals surface area (Å²) in [4.78, 5) is 4.46. The number of benzene rings is 1. The highest BCUT2D eigenvalue weighted by molar-refractivity contribution is 5.80. The van der Waals surface area contributed by atoms with Gasteiger partial charge in [0, 0.05) is 31.5 Å². The lowest BCUT2D eigenvalue weighted by atomic mass is 10.2. The molecule has 0 radical (unpaired) electrons. The van der Waals surface area contributed by atoms with Crippen molar-refractivity contribution in [1.82, 2.24) is 10.6 Å². The zero-order valence-corrected chi connectivity index (χ0v) is 13.4. The Balaban J connectivity index is 1.81. The van der Waals surface area contributed by atoms with E-state index < -0.39 is 0 Å². The molecule has 0 atom stereocenters. The smallest absolute Gasteiger partial charge is 0.191 e. The second-order valence-corrected chi connectivity index (χ2v) is 4.88. The van der Waals surface area contributed by atoms with Crippen LogP contribution in [0.4, 0.5) is 0 Å². The van der Waals surface area contributed by atoms with Crippen molar-refractivity contribution in [2.24, 2.45) is 4.99 Å². The van der Waals surface area contributed by atoms with E-state index in [2.05, 4.69) is 34.7 Å². The molecule has 5 heteroatoms. The molecule has 0 spiro atoms. The van der Waals surface area contributed by atoms with E-state index in [4.69, 9.17) is 9.15 Å². The quantitative estimate of drug-likeness (QED) is 0.447. The molecule has 120 valence electrons. The molecule has 0 unspecified atom stereocenters. The van der Waals surface area contributed by atoms with Gasteiger partial charge in [-0.2, -0.15) is 0 Å². The Morgan fingerprint density at radius 2 is 2.09 bits per heavy atom. The summed E-state index contributed by atoms with van der Waals surface area (Å²) in [7, 11) is 0. The van der Waals surface area contributed by atoms with Gasteiger partial charge in [-0.1, -0.05) is 18.2 Å². The molecule has 22 heavy (non-hydrogen) atoms. The van der Waals surface area contributed by atoms with Gasteiger partial charge in [0.2, 0.25) is 0 Å². The number of hydrogen-bond acceptors (Lipinski definition) is 3. The minimum Gasteiger partial charge on any atom is -0.461 e. The van der Waals surface area contributed by atoms with Crippen molar-refractivity contribution in [3.63, 3.8) is 0 Å². The van der Waals surface area contributed by atoms with Gasteiger partial charge in [-0.3, -0.25) is 4.99 Å². The number of rotatable bonds is 8. The highest BCUT2D eigenvalue weighted by atomic mass is 16.5. The molecule has 2 rings (SSSR count). The van der Waals surface area contributed by atoms with Crippen molar-refractivity contribution in [3.05, 3.63) is 36.1 Å². The normalized spacial score (nSPS) is 11.8. The van der Waals surface area contributed by atoms with Crippen LogP contribution in [0.3, 0.4) is 0 Å². The van der Waals surface area contributed by atoms with Crippen LogP contribution in [-0.4, -0.2) is 38.8 Å². The van der Waals surface area contributed by atoms with Gasteiger partial charge in [-0.05, 0) is 26.0 Å². The van der Waals surface area contributed by atoms with Crippen LogP contribution in [0.5, 0.6) is 0 Å². The van der Waals surface area contributed by atoms with Crippen molar-refractivity contribution < 1.29 is 9.15 Å². The summed E-state index contributed by atoms with van der Waals surface area (Å²) in [6.45, 7) is 7.70. The highest BCUT2D eigenvalue weighted by Crippen LogP contribution is 2.18. The number of fused-ring (bicyclic) bond motifs is 1. The van der Waals surface area contributed by atoms with Crippen LogP contribution >= 0.6 is 0 Å². The Labute approximate surface area is 131 Å². The van der Waals surface area contributed by atoms with Crippen molar-refractivity contribution in [1.29, 1.82) is 0 Å². The summed E-state index contributed by atoms with van der Waals surface area (Å²) in [5, 5.41) is 7.69. The Kier molecular flexibility index (Phi) is 6.77. The Morgan fingerprint density at radius 3 is 2.86 bits per heavy atom. The van der Waals surface area contributed by atoms with Crippen molar-refractivity contribution in [3.8, 4) is 0 Å². The fourth-order valence-corrected chi connectivity index (χ4v) is 2.17. The molecule has 0 amide bonds. The van der Waals surface area contributed by atoms with Crippen LogP contribution in [0.1, 0.15) is 19.6 Å². The van der Waals surface area contributed by atoms with E-state index in [9.17, 15) is 0 Å². The lowest BCUT2D eigenvalue weighted by Crippen LogP contribution is -2.38. The molecule has 0 saturated heterocycles. The molecule has 0 saturated carbocycles. The van der Waals surface area contributed by atoms with Gasteiger partial charge in [-0.25, -0.2) is 0 Å². The monoisotopic (exact) mass is 303 g/mol. The molecule has 1 heterocycles. The van der Waals surface area contributed by atoms with E-state index in [1.807, 2.05) is 25.1 Å². The Hall–Kier alpha value is -2.01. The second-order valence-electron chi connectivity index (χ2n) is 4.88. The standard InChI is InChI=1S/C17H25N3O2/c1-3-18-17(20-11-12-21-4-2)19-10-9-15-13-14-7-5-6-8-16(14)22-15/h5-8,13H,3-4,9-12H2,1-2H3,(H2,18,19,20). The number of para-hydroxylation sites is 1. The molecular formula is C17H25N3O2. The topological polar surface area (TPSA) is 58.8 Å². The predicted molar refractivity (Wildman–Crippen MR) is 90.4 cm³/mol. The van der Waals surface area contributed by atoms with Gasteiger partial charge in [0.1, 0.15) is 11.3 Å². The van der Waals surface area contributed by atoms with Crippen LogP contribution in [0.15, 0.2) is 39.7 Å². The Morgan fingerprint density at radius 1 is 1.23 bits per heavy atom. The van der Waals surface area contributed by atoms with Crippen molar-refractivity contribution in [2.45, 2.75) is 20.3 Å². The number of nitrogens with one attached hydrogen (secondary N) is 2. The van der Waals surface area contributed by atoms with E-state index in [-0.39, 0.29) is 0 Å². The second kappa shape index (κ2) is 9.10. The lowest BCUT2D eigenvalue weighted by Gasteiger charge is -2.10. The zero-order valence-electron chi connectivity index (χ0n) is 13.4. The maximum Gasteiger partial charge on any atom is 0.191 e. The van der Waals surface area contributed by atoms with Gasteiger partial charge in [-0.15, -0.1) is 0 Å². The van der Waals surface area contributed by atoms with Gasteiger partial charge in [0.25, 0.3) is 0 Å². The van der Waals surface area contributed by atoms with Crippen molar-refractivity contribution in [2.75, 3.05) is 32.8 Å². The van der Waals surface area contributed by atoms with Crippen LogP contribution in [0.2, 0.25) is 0 Å². The van der Waals surface area contributed by atoms with Crippen LogP contribution in [-0.2, 0) is 11.2 Å². The molecule has 1 aromatic heterocycles. The fourth-order valence-electron chi connectivity index (χ4n) is 2.17. The highest BCUT2D eigenvalue weighted by Gasteiger charge is 2.03. The van der Waals surface area contributed by atoms with Crippen LogP contribution < -0.4 is 10.6 Å². The molecule has 5 nitrogen and oxygen atoms in total. The summed E-state index contributed by atoms with van der Waals surface area (Å²) < 4.78 is 11.1. The first-order valence-corrected chi connectivity index (χ1v) is 7.91. The first-order chi connectivity index (χ1) is 10.8. The maximum atomic E-state index is 5.80. The number of guanidine groups is 1. The van der Waals surface area contributed by atoms with E-state index in [1.54, 1.807) is 0 Å². The van der Waals surface area contributed by atoms with E-state index >= 15 is 0 Å². The van der Waals surface area contributed by atoms with Gasteiger partial charge < -0.3 is 19.8 Å². The third kappa shape index (κ3) is 5.07. The largest absolute Gasteiger partial charge is 0.461 e. The third-order valence-corrected chi connectivity index (χ3v) is 3.19. The van der Waals surface area contributed by atoms with E-state index in [0.717, 1.165) is 48.8 Å². The van der Waals surface area contributed by atoms with E-state index in [1.165, 1.54) is 0 Å². The van der Waals surface area contributed by atoms with Gasteiger partial charge >= 0.3 is 0 Å². The first kappa shape index (κ1) is 16.4. The minimum atomic E-state index is 0.649. The molecule has 0 aliphatic carbocycles. The predicted octanol–water partition coefficient (Wildman–Crippen LogP) is 2.57. The lowest BCUT2D eigenvalue weighted by molar-refractivity contribution is 0.155. The molecular weight excluding hydrogens is 278 g/mol. The van der Waals surface area contributed by atoms with Crippen LogP contribution in [0, 0.1) is 0 Å². The Bertz CT molecular complexity index is 559. The van der Waals surface area contributed by atoms with E-state index in [0.29, 0.717) is 13.2 Å². The number of furan rings is 1. The average Bonchev–Trinajstić information content (AvgIpc) is 2.94. The number of hydrogen-bond donors (Lipinski definition) is 2. The first-order valence-electron chi connectivity index (χ1n) is 7.91. The molecule has 0 fully saturated rings. The summed E-state index contributed by atoms with van der Waals surface area (Å²) in [5.41, 5.74) is 0.940. The zero-order chi connectivity index (χ0) is 15.6. The summed E-state index contributed by atoms with van der Waals surface area (Å²) >= 11 is 0.